The molecule has 0 aliphatic rings. The molecule has 1 atom stereocenters. The highest BCUT2D eigenvalue weighted by atomic mass is 14.9. The third kappa shape index (κ3) is 2.40. The summed E-state index contributed by atoms with van der Waals surface area (Å²) in [6, 6.07) is 12.7. The van der Waals surface area contributed by atoms with Gasteiger partial charge in [0.05, 0.1) is 0 Å². The molecule has 0 spiro atoms. The molecule has 0 radical (unpaired) electrons. The van der Waals surface area contributed by atoms with Crippen molar-refractivity contribution in [3.05, 3.63) is 59.9 Å². The molecule has 2 nitrogen and oxygen atoms in total. The van der Waals surface area contributed by atoms with Crippen molar-refractivity contribution in [1.82, 2.24) is 4.98 Å². The summed E-state index contributed by atoms with van der Waals surface area (Å²) in [4.78, 5) is 4.08. The van der Waals surface area contributed by atoms with Crippen molar-refractivity contribution in [2.45, 2.75) is 19.9 Å². The van der Waals surface area contributed by atoms with Gasteiger partial charge in [-0.25, -0.2) is 0 Å². The first kappa shape index (κ1) is 10.7. The molecular formula is C14H16N2. The Labute approximate surface area is 96.4 Å². The number of pyridine rings is 1. The minimum Gasteiger partial charge on any atom is -0.378 e. The molecule has 0 saturated heterocycles. The molecule has 1 N–H and O–H groups in total. The van der Waals surface area contributed by atoms with E-state index in [2.05, 4.69) is 48.4 Å². The monoisotopic (exact) mass is 212 g/mol. The number of nitrogens with zero attached hydrogens (tertiary/aromatic N) is 1. The zero-order valence-corrected chi connectivity index (χ0v) is 9.64. The number of nitrogens with one attached hydrogen (secondary N) is 1. The topological polar surface area (TPSA) is 24.9 Å². The molecule has 2 heteroatoms. The zero-order chi connectivity index (χ0) is 11.4. The molecule has 1 aromatic heterocycles. The van der Waals surface area contributed by atoms with Crippen molar-refractivity contribution >= 4 is 5.69 Å². The fourth-order valence-electron chi connectivity index (χ4n) is 1.69. The molecule has 0 fully saturated rings. The van der Waals surface area contributed by atoms with Gasteiger partial charge in [-0.1, -0.05) is 30.3 Å². The van der Waals surface area contributed by atoms with E-state index in [0.717, 1.165) is 5.69 Å². The van der Waals surface area contributed by atoms with E-state index in [0.29, 0.717) is 6.04 Å². The Bertz CT molecular complexity index is 451. The predicted molar refractivity (Wildman–Crippen MR) is 67.5 cm³/mol. The normalized spacial score (nSPS) is 12.1. The van der Waals surface area contributed by atoms with Crippen molar-refractivity contribution < 1.29 is 0 Å². The number of anilines is 1. The fraction of sp³-hybridized carbons (Fsp3) is 0.214. The molecular weight excluding hydrogens is 196 g/mol. The minimum atomic E-state index is 0.308. The summed E-state index contributed by atoms with van der Waals surface area (Å²) >= 11 is 0. The maximum absolute atomic E-state index is 4.08. The van der Waals surface area contributed by atoms with Gasteiger partial charge >= 0.3 is 0 Å². The molecule has 0 amide bonds. The quantitative estimate of drug-likeness (QED) is 0.841. The molecule has 1 unspecified atom stereocenters. The standard InChI is InChI=1S/C14H16N2/c1-11-10-15-9-8-14(11)16-12(2)13-6-4-3-5-7-13/h3-10,12H,1-2H3,(H,15,16). The van der Waals surface area contributed by atoms with Gasteiger partial charge in [0.1, 0.15) is 0 Å². The molecule has 82 valence electrons. The average Bonchev–Trinajstić information content (AvgIpc) is 2.33. The van der Waals surface area contributed by atoms with Crippen LogP contribution < -0.4 is 5.32 Å². The van der Waals surface area contributed by atoms with E-state index in [1.54, 1.807) is 0 Å². The van der Waals surface area contributed by atoms with Crippen LogP contribution in [0.1, 0.15) is 24.1 Å². The molecule has 1 aromatic carbocycles. The van der Waals surface area contributed by atoms with Crippen LogP contribution in [0.15, 0.2) is 48.8 Å². The summed E-state index contributed by atoms with van der Waals surface area (Å²) in [6.07, 6.45) is 3.69. The Morgan fingerprint density at radius 1 is 1.12 bits per heavy atom. The lowest BCUT2D eigenvalue weighted by molar-refractivity contribution is 0.881. The van der Waals surface area contributed by atoms with Crippen LogP contribution in [0.4, 0.5) is 5.69 Å². The summed E-state index contributed by atoms with van der Waals surface area (Å²) < 4.78 is 0. The molecule has 1 heterocycles. The van der Waals surface area contributed by atoms with Gasteiger partial charge < -0.3 is 5.32 Å². The van der Waals surface area contributed by atoms with Crippen LogP contribution >= 0.6 is 0 Å². The maximum Gasteiger partial charge on any atom is 0.0485 e. The van der Waals surface area contributed by atoms with Gasteiger partial charge in [0.2, 0.25) is 0 Å². The third-order valence-electron chi connectivity index (χ3n) is 2.69. The van der Waals surface area contributed by atoms with Crippen molar-refractivity contribution in [2.75, 3.05) is 5.32 Å². The number of aromatic nitrogens is 1. The van der Waals surface area contributed by atoms with Crippen molar-refractivity contribution in [1.29, 1.82) is 0 Å². The Morgan fingerprint density at radius 2 is 1.88 bits per heavy atom. The highest BCUT2D eigenvalue weighted by Gasteiger charge is 2.05. The van der Waals surface area contributed by atoms with Gasteiger partial charge in [0.15, 0.2) is 0 Å². The second kappa shape index (κ2) is 4.79. The van der Waals surface area contributed by atoms with Crippen LogP contribution in [0.5, 0.6) is 0 Å². The lowest BCUT2D eigenvalue weighted by atomic mass is 10.1. The van der Waals surface area contributed by atoms with Gasteiger partial charge in [-0.2, -0.15) is 0 Å². The van der Waals surface area contributed by atoms with E-state index in [4.69, 9.17) is 0 Å². The molecule has 0 saturated carbocycles. The highest BCUT2D eigenvalue weighted by molar-refractivity contribution is 5.50. The van der Waals surface area contributed by atoms with Crippen LogP contribution in [0, 0.1) is 6.92 Å². The van der Waals surface area contributed by atoms with E-state index in [-0.39, 0.29) is 0 Å². The van der Waals surface area contributed by atoms with E-state index in [9.17, 15) is 0 Å². The van der Waals surface area contributed by atoms with Crippen LogP contribution in [-0.2, 0) is 0 Å². The molecule has 2 rings (SSSR count). The smallest absolute Gasteiger partial charge is 0.0485 e. The maximum atomic E-state index is 4.08. The van der Waals surface area contributed by atoms with Crippen LogP contribution in [0.25, 0.3) is 0 Å². The summed E-state index contributed by atoms with van der Waals surface area (Å²) in [6.45, 7) is 4.22. The number of hydrogen-bond donors (Lipinski definition) is 1. The summed E-state index contributed by atoms with van der Waals surface area (Å²) in [5.74, 6) is 0. The predicted octanol–water partition coefficient (Wildman–Crippen LogP) is 3.56. The van der Waals surface area contributed by atoms with E-state index in [1.807, 2.05) is 24.5 Å². The van der Waals surface area contributed by atoms with Crippen LogP contribution in [0.2, 0.25) is 0 Å². The zero-order valence-electron chi connectivity index (χ0n) is 9.64. The van der Waals surface area contributed by atoms with Crippen molar-refractivity contribution in [2.24, 2.45) is 0 Å². The van der Waals surface area contributed by atoms with Gasteiger partial charge in [-0.15, -0.1) is 0 Å². The number of rotatable bonds is 3. The molecule has 2 aromatic rings. The number of benzene rings is 1. The Kier molecular flexibility index (Phi) is 3.20. The molecule has 0 aliphatic heterocycles. The first-order valence-electron chi connectivity index (χ1n) is 5.49. The van der Waals surface area contributed by atoms with Crippen LogP contribution in [-0.4, -0.2) is 4.98 Å². The number of hydrogen-bond acceptors (Lipinski definition) is 2. The lowest BCUT2D eigenvalue weighted by Gasteiger charge is -2.16. The van der Waals surface area contributed by atoms with Crippen molar-refractivity contribution in [3.8, 4) is 0 Å². The first-order valence-corrected chi connectivity index (χ1v) is 5.49. The molecule has 0 bridgehead atoms. The second-order valence-electron chi connectivity index (χ2n) is 3.97. The SMILES string of the molecule is Cc1cnccc1NC(C)c1ccccc1. The van der Waals surface area contributed by atoms with E-state index < -0.39 is 0 Å². The van der Waals surface area contributed by atoms with E-state index in [1.165, 1.54) is 11.1 Å². The van der Waals surface area contributed by atoms with Crippen LogP contribution in [0.3, 0.4) is 0 Å². The van der Waals surface area contributed by atoms with Gasteiger partial charge in [-0.3, -0.25) is 4.98 Å². The Hall–Kier alpha value is -1.83. The molecule has 0 aliphatic carbocycles. The minimum absolute atomic E-state index is 0.308. The molecule has 16 heavy (non-hydrogen) atoms. The summed E-state index contributed by atoms with van der Waals surface area (Å²) in [5.41, 5.74) is 3.61. The first-order chi connectivity index (χ1) is 7.77. The third-order valence-corrected chi connectivity index (χ3v) is 2.69. The Morgan fingerprint density at radius 3 is 2.56 bits per heavy atom. The largest absolute Gasteiger partial charge is 0.378 e. The summed E-state index contributed by atoms with van der Waals surface area (Å²) in [7, 11) is 0. The highest BCUT2D eigenvalue weighted by Crippen LogP contribution is 2.20. The van der Waals surface area contributed by atoms with Gasteiger partial charge in [0.25, 0.3) is 0 Å². The lowest BCUT2D eigenvalue weighted by Crippen LogP contribution is -2.07. The average molecular weight is 212 g/mol. The van der Waals surface area contributed by atoms with Gasteiger partial charge in [0, 0.05) is 24.1 Å². The van der Waals surface area contributed by atoms with Crippen molar-refractivity contribution in [3.63, 3.8) is 0 Å². The van der Waals surface area contributed by atoms with Gasteiger partial charge in [-0.05, 0) is 31.0 Å². The second-order valence-corrected chi connectivity index (χ2v) is 3.97. The Balaban J connectivity index is 2.14. The fourth-order valence-corrected chi connectivity index (χ4v) is 1.69. The number of aryl methyl sites for hydroxylation is 1. The van der Waals surface area contributed by atoms with E-state index >= 15 is 0 Å². The summed E-state index contributed by atoms with van der Waals surface area (Å²) in [5, 5.41) is 3.49.